The lowest BCUT2D eigenvalue weighted by Crippen LogP contribution is -2.46. The van der Waals surface area contributed by atoms with E-state index in [0.717, 1.165) is 48.6 Å². The van der Waals surface area contributed by atoms with Gasteiger partial charge >= 0.3 is 0 Å². The molecule has 1 unspecified atom stereocenters. The van der Waals surface area contributed by atoms with Crippen molar-refractivity contribution < 1.29 is 8.42 Å². The molecule has 0 saturated carbocycles. The zero-order valence-corrected chi connectivity index (χ0v) is 18.9. The fourth-order valence-electron chi connectivity index (χ4n) is 4.22. The van der Waals surface area contributed by atoms with Gasteiger partial charge in [0.25, 0.3) is 0 Å². The van der Waals surface area contributed by atoms with Gasteiger partial charge in [-0.2, -0.15) is 5.10 Å². The van der Waals surface area contributed by atoms with Crippen LogP contribution < -0.4 is 4.90 Å². The zero-order valence-electron chi connectivity index (χ0n) is 15.7. The van der Waals surface area contributed by atoms with Crippen molar-refractivity contribution in [3.63, 3.8) is 0 Å². The first-order valence-electron chi connectivity index (χ1n) is 9.29. The van der Waals surface area contributed by atoms with Crippen molar-refractivity contribution in [2.24, 2.45) is 0 Å². The van der Waals surface area contributed by atoms with E-state index >= 15 is 0 Å². The van der Waals surface area contributed by atoms with Gasteiger partial charge in [0.2, 0.25) is 0 Å². The van der Waals surface area contributed by atoms with Gasteiger partial charge in [-0.05, 0) is 42.3 Å². The third kappa shape index (κ3) is 4.11. The lowest BCUT2D eigenvalue weighted by atomic mass is 10.2. The van der Waals surface area contributed by atoms with Gasteiger partial charge in [0.05, 0.1) is 34.6 Å². The molecule has 2 aliphatic rings. The van der Waals surface area contributed by atoms with Crippen LogP contribution >= 0.6 is 27.3 Å². The van der Waals surface area contributed by atoms with Crippen LogP contribution in [0.25, 0.3) is 0 Å². The number of aromatic nitrogens is 2. The molecule has 148 valence electrons. The Hall–Kier alpha value is -0.900. The van der Waals surface area contributed by atoms with Crippen molar-refractivity contribution in [2.75, 3.05) is 42.6 Å². The van der Waals surface area contributed by atoms with E-state index in [4.69, 9.17) is 5.10 Å². The highest BCUT2D eigenvalue weighted by Gasteiger charge is 2.32. The summed E-state index contributed by atoms with van der Waals surface area (Å²) >= 11 is 5.32. The smallest absolute Gasteiger partial charge is 0.152 e. The number of aryl methyl sites for hydroxylation is 1. The van der Waals surface area contributed by atoms with Gasteiger partial charge in [-0.1, -0.05) is 0 Å². The molecule has 2 aromatic heterocycles. The van der Waals surface area contributed by atoms with Crippen LogP contribution in [0, 0.1) is 13.8 Å². The maximum atomic E-state index is 11.8. The van der Waals surface area contributed by atoms with Crippen LogP contribution in [0.3, 0.4) is 0 Å². The van der Waals surface area contributed by atoms with E-state index in [1.807, 2.05) is 11.6 Å². The van der Waals surface area contributed by atoms with Crippen LogP contribution in [-0.4, -0.2) is 60.8 Å². The second-order valence-electron chi connectivity index (χ2n) is 7.52. The van der Waals surface area contributed by atoms with E-state index in [1.165, 1.54) is 10.6 Å². The van der Waals surface area contributed by atoms with Crippen molar-refractivity contribution in [2.45, 2.75) is 32.9 Å². The number of sulfone groups is 1. The van der Waals surface area contributed by atoms with Gasteiger partial charge in [-0.25, -0.2) is 8.42 Å². The van der Waals surface area contributed by atoms with Crippen molar-refractivity contribution in [1.29, 1.82) is 0 Å². The predicted octanol–water partition coefficient (Wildman–Crippen LogP) is 3.01. The van der Waals surface area contributed by atoms with Crippen molar-refractivity contribution in [1.82, 2.24) is 14.7 Å². The van der Waals surface area contributed by atoms with Crippen LogP contribution in [-0.2, 0) is 16.4 Å². The van der Waals surface area contributed by atoms with E-state index < -0.39 is 9.84 Å². The average molecular weight is 473 g/mol. The van der Waals surface area contributed by atoms with E-state index in [9.17, 15) is 8.42 Å². The number of hydrogen-bond donors (Lipinski definition) is 0. The number of hydrogen-bond acceptors (Lipinski definition) is 6. The van der Waals surface area contributed by atoms with Gasteiger partial charge < -0.3 is 4.90 Å². The Balaban J connectivity index is 1.44. The first-order valence-corrected chi connectivity index (χ1v) is 12.8. The van der Waals surface area contributed by atoms with Crippen LogP contribution in [0.2, 0.25) is 0 Å². The molecule has 9 heteroatoms. The molecule has 1 atom stereocenters. The summed E-state index contributed by atoms with van der Waals surface area (Å²) in [7, 11) is -2.91. The first kappa shape index (κ1) is 19.4. The molecule has 0 spiro atoms. The quantitative estimate of drug-likeness (QED) is 0.684. The van der Waals surface area contributed by atoms with Crippen LogP contribution in [0.4, 0.5) is 5.69 Å². The Morgan fingerprint density at radius 2 is 2.00 bits per heavy atom. The third-order valence-electron chi connectivity index (χ3n) is 5.53. The number of nitrogens with zero attached hydrogens (tertiary/aromatic N) is 4. The fraction of sp³-hybridized carbons (Fsp3) is 0.611. The summed E-state index contributed by atoms with van der Waals surface area (Å²) in [6.45, 7) is 9.12. The summed E-state index contributed by atoms with van der Waals surface area (Å²) in [6, 6.07) is 2.19. The molecule has 0 N–H and O–H groups in total. The van der Waals surface area contributed by atoms with Gasteiger partial charge in [0.15, 0.2) is 9.84 Å². The number of rotatable bonds is 4. The normalized spacial score (nSPS) is 23.2. The summed E-state index contributed by atoms with van der Waals surface area (Å²) in [6.07, 6.45) is 0.674. The standard InChI is InChI=1S/C18H25BrN4O2S2/c1-13-18(14(2)23(20-13)16-3-8-27(24,25)12-16)22-6-4-21(5-7-22)10-17-9-15(19)11-26-17/h9,11,16H,3-8,10,12H2,1-2H3. The molecule has 6 nitrogen and oxygen atoms in total. The van der Waals surface area contributed by atoms with Crippen LogP contribution in [0.5, 0.6) is 0 Å². The second kappa shape index (κ2) is 7.50. The maximum absolute atomic E-state index is 11.8. The molecule has 27 heavy (non-hydrogen) atoms. The van der Waals surface area contributed by atoms with Crippen molar-refractivity contribution >= 4 is 42.8 Å². The van der Waals surface area contributed by atoms with Crippen molar-refractivity contribution in [3.05, 3.63) is 32.2 Å². The topological polar surface area (TPSA) is 58.4 Å². The highest BCUT2D eigenvalue weighted by Crippen LogP contribution is 2.32. The molecule has 2 fully saturated rings. The lowest BCUT2D eigenvalue weighted by molar-refractivity contribution is 0.251. The van der Waals surface area contributed by atoms with E-state index in [2.05, 4.69) is 44.1 Å². The maximum Gasteiger partial charge on any atom is 0.152 e. The van der Waals surface area contributed by atoms with E-state index in [-0.39, 0.29) is 17.5 Å². The second-order valence-corrected chi connectivity index (χ2v) is 11.7. The number of piperazine rings is 1. The summed E-state index contributed by atoms with van der Waals surface area (Å²) in [4.78, 5) is 6.30. The number of thiophene rings is 1. The molecule has 0 aromatic carbocycles. The highest BCUT2D eigenvalue weighted by atomic mass is 79.9. The van der Waals surface area contributed by atoms with Gasteiger partial charge in [-0.15, -0.1) is 11.3 Å². The Bertz CT molecular complexity index is 929. The molecule has 4 rings (SSSR count). The van der Waals surface area contributed by atoms with Gasteiger partial charge in [-0.3, -0.25) is 9.58 Å². The zero-order chi connectivity index (χ0) is 19.2. The molecule has 2 aromatic rings. The minimum absolute atomic E-state index is 0.0129. The Morgan fingerprint density at radius 3 is 2.59 bits per heavy atom. The van der Waals surface area contributed by atoms with E-state index in [0.29, 0.717) is 6.42 Å². The van der Waals surface area contributed by atoms with Crippen LogP contribution in [0.15, 0.2) is 15.9 Å². The predicted molar refractivity (Wildman–Crippen MR) is 114 cm³/mol. The number of halogens is 1. The molecule has 0 aliphatic carbocycles. The summed E-state index contributed by atoms with van der Waals surface area (Å²) in [5.41, 5.74) is 3.30. The van der Waals surface area contributed by atoms with E-state index in [1.54, 1.807) is 11.3 Å². The summed E-state index contributed by atoms with van der Waals surface area (Å²) < 4.78 is 26.8. The van der Waals surface area contributed by atoms with Gasteiger partial charge in [0.1, 0.15) is 0 Å². The van der Waals surface area contributed by atoms with Crippen molar-refractivity contribution in [3.8, 4) is 0 Å². The molecule has 2 aliphatic heterocycles. The molecule has 2 saturated heterocycles. The molecule has 4 heterocycles. The Labute approximate surface area is 173 Å². The highest BCUT2D eigenvalue weighted by molar-refractivity contribution is 9.10. The first-order chi connectivity index (χ1) is 12.8. The van der Waals surface area contributed by atoms with Gasteiger partial charge in [0, 0.05) is 47.5 Å². The largest absolute Gasteiger partial charge is 0.366 e. The molecular weight excluding hydrogens is 448 g/mol. The lowest BCUT2D eigenvalue weighted by Gasteiger charge is -2.36. The SMILES string of the molecule is Cc1nn(C2CCS(=O)(=O)C2)c(C)c1N1CCN(Cc2cc(Br)cs2)CC1. The third-order valence-corrected chi connectivity index (χ3v) is 8.96. The van der Waals surface area contributed by atoms with Crippen LogP contribution in [0.1, 0.15) is 28.7 Å². The minimum atomic E-state index is -2.91. The molecule has 0 bridgehead atoms. The fourth-order valence-corrected chi connectivity index (χ4v) is 7.41. The summed E-state index contributed by atoms with van der Waals surface area (Å²) in [5.74, 6) is 0.501. The average Bonchev–Trinajstić information content (AvgIpc) is 3.27. The Kier molecular flexibility index (Phi) is 5.39. The molecule has 0 amide bonds. The monoisotopic (exact) mass is 472 g/mol. The number of anilines is 1. The summed E-state index contributed by atoms with van der Waals surface area (Å²) in [5, 5.41) is 6.85. The molecular formula is C18H25BrN4O2S2. The Morgan fingerprint density at radius 1 is 1.26 bits per heavy atom. The minimum Gasteiger partial charge on any atom is -0.366 e. The molecule has 0 radical (unpaired) electrons.